The molecule has 0 radical (unpaired) electrons. The van der Waals surface area contributed by atoms with Gasteiger partial charge in [-0.05, 0) is 51.5 Å². The number of carbonyl (C=O) groups excluding carboxylic acids is 1. The molecule has 132 valence electrons. The quantitative estimate of drug-likeness (QED) is 0.749. The van der Waals surface area contributed by atoms with Crippen LogP contribution in [0.25, 0.3) is 5.82 Å². The number of hydrogen-bond acceptors (Lipinski definition) is 3. The van der Waals surface area contributed by atoms with Gasteiger partial charge in [0.2, 0.25) is 0 Å². The van der Waals surface area contributed by atoms with Crippen molar-refractivity contribution in [1.29, 1.82) is 0 Å². The normalized spacial score (nSPS) is 12.3. The van der Waals surface area contributed by atoms with Gasteiger partial charge in [0.25, 0.3) is 5.91 Å². The summed E-state index contributed by atoms with van der Waals surface area (Å²) in [7, 11) is 1.85. The number of aryl methyl sites for hydroxylation is 4. The molecule has 6 heteroatoms. The van der Waals surface area contributed by atoms with Gasteiger partial charge >= 0.3 is 0 Å². The van der Waals surface area contributed by atoms with Gasteiger partial charge in [-0.25, -0.2) is 0 Å². The fraction of sp³-hybridized carbons (Fsp3) is 0.368. The van der Waals surface area contributed by atoms with Gasteiger partial charge in [-0.1, -0.05) is 0 Å². The minimum atomic E-state index is -0.109. The second-order valence-corrected chi connectivity index (χ2v) is 6.45. The van der Waals surface area contributed by atoms with Gasteiger partial charge in [-0.2, -0.15) is 5.10 Å². The molecule has 0 aromatic carbocycles. The van der Waals surface area contributed by atoms with Gasteiger partial charge in [0.1, 0.15) is 17.1 Å². The lowest BCUT2D eigenvalue weighted by Gasteiger charge is -2.15. The van der Waals surface area contributed by atoms with Gasteiger partial charge in [0.05, 0.1) is 12.5 Å². The van der Waals surface area contributed by atoms with Crippen molar-refractivity contribution < 1.29 is 9.21 Å². The Bertz CT molecular complexity index is 839. The van der Waals surface area contributed by atoms with Gasteiger partial charge in [-0.15, -0.1) is 0 Å². The van der Waals surface area contributed by atoms with Crippen molar-refractivity contribution in [2.24, 2.45) is 7.05 Å². The summed E-state index contributed by atoms with van der Waals surface area (Å²) < 4.78 is 9.13. The van der Waals surface area contributed by atoms with Crippen LogP contribution in [0.5, 0.6) is 0 Å². The SMILES string of the molecule is Cc1ccc(C)n1-c1c(C(=O)NC(C)CCc2ccco2)cnn1C. The van der Waals surface area contributed by atoms with E-state index in [4.69, 9.17) is 4.42 Å². The third kappa shape index (κ3) is 3.52. The maximum Gasteiger partial charge on any atom is 0.256 e. The van der Waals surface area contributed by atoms with Crippen LogP contribution < -0.4 is 5.32 Å². The van der Waals surface area contributed by atoms with E-state index >= 15 is 0 Å². The molecule has 0 saturated heterocycles. The summed E-state index contributed by atoms with van der Waals surface area (Å²) in [5.74, 6) is 1.61. The Labute approximate surface area is 147 Å². The molecule has 1 unspecified atom stereocenters. The minimum Gasteiger partial charge on any atom is -0.469 e. The molecular formula is C19H24N4O2. The second kappa shape index (κ2) is 7.01. The Morgan fingerprint density at radius 1 is 1.28 bits per heavy atom. The molecular weight excluding hydrogens is 316 g/mol. The summed E-state index contributed by atoms with van der Waals surface area (Å²) in [5, 5.41) is 7.36. The summed E-state index contributed by atoms with van der Waals surface area (Å²) in [6, 6.07) is 7.94. The van der Waals surface area contributed by atoms with E-state index in [0.29, 0.717) is 5.56 Å². The minimum absolute atomic E-state index is 0.0394. The molecule has 0 aliphatic heterocycles. The Hall–Kier alpha value is -2.76. The summed E-state index contributed by atoms with van der Waals surface area (Å²) in [6.07, 6.45) is 4.91. The highest BCUT2D eigenvalue weighted by atomic mass is 16.3. The lowest BCUT2D eigenvalue weighted by Crippen LogP contribution is -2.33. The molecule has 1 atom stereocenters. The van der Waals surface area contributed by atoms with E-state index < -0.39 is 0 Å². The van der Waals surface area contributed by atoms with Crippen molar-refractivity contribution in [3.05, 3.63) is 59.4 Å². The summed E-state index contributed by atoms with van der Waals surface area (Å²) in [4.78, 5) is 12.8. The van der Waals surface area contributed by atoms with E-state index in [9.17, 15) is 4.79 Å². The molecule has 1 amide bonds. The number of carbonyl (C=O) groups is 1. The van der Waals surface area contributed by atoms with Crippen LogP contribution in [0.15, 0.2) is 41.1 Å². The van der Waals surface area contributed by atoms with E-state index in [1.54, 1.807) is 17.1 Å². The first kappa shape index (κ1) is 17.1. The average Bonchev–Trinajstić information content (AvgIpc) is 3.28. The molecule has 0 fully saturated rings. The van der Waals surface area contributed by atoms with Gasteiger partial charge < -0.3 is 14.3 Å². The predicted octanol–water partition coefficient (Wildman–Crippen LogP) is 3.17. The van der Waals surface area contributed by atoms with Crippen LogP contribution in [0, 0.1) is 13.8 Å². The molecule has 0 aliphatic rings. The monoisotopic (exact) mass is 340 g/mol. The zero-order valence-corrected chi connectivity index (χ0v) is 15.1. The van der Waals surface area contributed by atoms with E-state index in [1.165, 1.54) is 0 Å². The molecule has 25 heavy (non-hydrogen) atoms. The number of hydrogen-bond donors (Lipinski definition) is 1. The van der Waals surface area contributed by atoms with E-state index in [0.717, 1.165) is 35.8 Å². The first-order chi connectivity index (χ1) is 12.0. The van der Waals surface area contributed by atoms with Crippen molar-refractivity contribution in [3.63, 3.8) is 0 Å². The van der Waals surface area contributed by atoms with Gasteiger partial charge in [0.15, 0.2) is 0 Å². The van der Waals surface area contributed by atoms with Crippen LogP contribution >= 0.6 is 0 Å². The molecule has 0 saturated carbocycles. The Kier molecular flexibility index (Phi) is 4.79. The topological polar surface area (TPSA) is 65.0 Å². The molecule has 3 aromatic heterocycles. The van der Waals surface area contributed by atoms with E-state index in [2.05, 4.69) is 15.0 Å². The van der Waals surface area contributed by atoms with E-state index in [-0.39, 0.29) is 11.9 Å². The highest BCUT2D eigenvalue weighted by Gasteiger charge is 2.21. The highest BCUT2D eigenvalue weighted by molar-refractivity contribution is 5.97. The zero-order chi connectivity index (χ0) is 18.0. The maximum atomic E-state index is 12.8. The molecule has 3 rings (SSSR count). The van der Waals surface area contributed by atoms with Crippen LogP contribution in [0.2, 0.25) is 0 Å². The third-order valence-electron chi connectivity index (χ3n) is 4.42. The van der Waals surface area contributed by atoms with Crippen molar-refractivity contribution in [2.45, 2.75) is 39.7 Å². The van der Waals surface area contributed by atoms with Crippen LogP contribution in [0.4, 0.5) is 0 Å². The second-order valence-electron chi connectivity index (χ2n) is 6.45. The van der Waals surface area contributed by atoms with Crippen molar-refractivity contribution in [1.82, 2.24) is 19.7 Å². The maximum absolute atomic E-state index is 12.8. The van der Waals surface area contributed by atoms with Crippen molar-refractivity contribution >= 4 is 5.91 Å². The highest BCUT2D eigenvalue weighted by Crippen LogP contribution is 2.20. The fourth-order valence-electron chi connectivity index (χ4n) is 3.05. The van der Waals surface area contributed by atoms with Gasteiger partial charge in [0, 0.05) is 30.9 Å². The molecule has 6 nitrogen and oxygen atoms in total. The standard InChI is InChI=1S/C19H24N4O2/c1-13(7-10-16-6-5-11-25-16)21-18(24)17-12-20-22(4)19(17)23-14(2)8-9-15(23)3/h5-6,8-9,11-13H,7,10H2,1-4H3,(H,21,24). The summed E-state index contributed by atoms with van der Waals surface area (Å²) >= 11 is 0. The van der Waals surface area contributed by atoms with Crippen LogP contribution in [-0.4, -0.2) is 26.3 Å². The van der Waals surface area contributed by atoms with Crippen molar-refractivity contribution in [2.75, 3.05) is 0 Å². The lowest BCUT2D eigenvalue weighted by atomic mass is 10.1. The summed E-state index contributed by atoms with van der Waals surface area (Å²) in [5.41, 5.74) is 2.72. The summed E-state index contributed by atoms with van der Waals surface area (Å²) in [6.45, 7) is 6.05. The molecule has 0 aliphatic carbocycles. The Morgan fingerprint density at radius 3 is 2.64 bits per heavy atom. The Morgan fingerprint density at radius 2 is 2.00 bits per heavy atom. The number of nitrogens with zero attached hydrogens (tertiary/aromatic N) is 3. The third-order valence-corrected chi connectivity index (χ3v) is 4.42. The molecule has 3 heterocycles. The number of amides is 1. The number of nitrogens with one attached hydrogen (secondary N) is 1. The first-order valence-electron chi connectivity index (χ1n) is 8.48. The van der Waals surface area contributed by atoms with Crippen LogP contribution in [0.3, 0.4) is 0 Å². The number of rotatable bonds is 6. The largest absolute Gasteiger partial charge is 0.469 e. The molecule has 1 N–H and O–H groups in total. The Balaban J connectivity index is 1.75. The van der Waals surface area contributed by atoms with Crippen molar-refractivity contribution in [3.8, 4) is 5.82 Å². The van der Waals surface area contributed by atoms with E-state index in [1.807, 2.05) is 52.1 Å². The molecule has 0 bridgehead atoms. The fourth-order valence-corrected chi connectivity index (χ4v) is 3.05. The average molecular weight is 340 g/mol. The zero-order valence-electron chi connectivity index (χ0n) is 15.1. The number of furan rings is 1. The number of aromatic nitrogens is 3. The lowest BCUT2D eigenvalue weighted by molar-refractivity contribution is 0.0938. The van der Waals surface area contributed by atoms with Crippen LogP contribution in [-0.2, 0) is 13.5 Å². The molecule has 0 spiro atoms. The van der Waals surface area contributed by atoms with Gasteiger partial charge in [-0.3, -0.25) is 9.48 Å². The van der Waals surface area contributed by atoms with Crippen LogP contribution in [0.1, 0.15) is 40.9 Å². The first-order valence-corrected chi connectivity index (χ1v) is 8.48. The predicted molar refractivity (Wildman–Crippen MR) is 96.0 cm³/mol. The molecule has 3 aromatic rings. The smallest absolute Gasteiger partial charge is 0.256 e.